The summed E-state index contributed by atoms with van der Waals surface area (Å²) in [7, 11) is 1.64. The lowest BCUT2D eigenvalue weighted by Crippen LogP contribution is -2.32. The van der Waals surface area contributed by atoms with Gasteiger partial charge < -0.3 is 24.8 Å². The second kappa shape index (κ2) is 9.94. The van der Waals surface area contributed by atoms with E-state index in [1.165, 1.54) is 0 Å². The molecule has 0 saturated heterocycles. The highest BCUT2D eigenvalue weighted by atomic mass is 16.6. The van der Waals surface area contributed by atoms with Crippen molar-refractivity contribution < 1.29 is 23.8 Å². The zero-order valence-electron chi connectivity index (χ0n) is 19.5. The van der Waals surface area contributed by atoms with E-state index in [9.17, 15) is 9.59 Å². The van der Waals surface area contributed by atoms with Crippen LogP contribution in [-0.4, -0.2) is 38.9 Å². The maximum Gasteiger partial charge on any atom is 0.407 e. The summed E-state index contributed by atoms with van der Waals surface area (Å²) in [5.41, 5.74) is 4.14. The lowest BCUT2D eigenvalue weighted by molar-refractivity contribution is 0.0681. The summed E-state index contributed by atoms with van der Waals surface area (Å²) in [4.78, 5) is 23.6. The van der Waals surface area contributed by atoms with E-state index in [1.807, 2.05) is 51.1 Å². The first-order valence-electron chi connectivity index (χ1n) is 10.9. The van der Waals surface area contributed by atoms with Crippen molar-refractivity contribution in [1.82, 2.24) is 10.6 Å². The van der Waals surface area contributed by atoms with Crippen molar-refractivity contribution in [2.24, 2.45) is 5.41 Å². The average Bonchev–Trinajstić information content (AvgIpc) is 3.16. The van der Waals surface area contributed by atoms with Gasteiger partial charge in [-0.3, -0.25) is 4.79 Å². The van der Waals surface area contributed by atoms with Crippen molar-refractivity contribution in [3.8, 4) is 22.6 Å². The van der Waals surface area contributed by atoms with Gasteiger partial charge in [-0.2, -0.15) is 0 Å². The Labute approximate surface area is 189 Å². The van der Waals surface area contributed by atoms with Gasteiger partial charge in [0.1, 0.15) is 6.61 Å². The monoisotopic (exact) mass is 440 g/mol. The molecule has 1 heterocycles. The van der Waals surface area contributed by atoms with Crippen LogP contribution < -0.4 is 20.1 Å². The number of alkyl carbamates (subject to hydrolysis) is 1. The highest BCUT2D eigenvalue weighted by Crippen LogP contribution is 2.42. The summed E-state index contributed by atoms with van der Waals surface area (Å²) in [5.74, 6) is 1.30. The molecule has 0 aliphatic carbocycles. The number of aryl methyl sites for hydroxylation is 1. The van der Waals surface area contributed by atoms with Crippen LogP contribution in [0.5, 0.6) is 11.5 Å². The summed E-state index contributed by atoms with van der Waals surface area (Å²) >= 11 is 0. The van der Waals surface area contributed by atoms with Crippen molar-refractivity contribution in [1.29, 1.82) is 0 Å². The smallest absolute Gasteiger partial charge is 0.407 e. The van der Waals surface area contributed by atoms with Gasteiger partial charge >= 0.3 is 6.09 Å². The molecule has 0 aromatic heterocycles. The van der Waals surface area contributed by atoms with Crippen molar-refractivity contribution in [2.45, 2.75) is 40.7 Å². The van der Waals surface area contributed by atoms with Gasteiger partial charge in [-0.15, -0.1) is 0 Å². The second-order valence-corrected chi connectivity index (χ2v) is 8.60. The molecule has 172 valence electrons. The molecule has 0 unspecified atom stereocenters. The number of carbonyl (C=O) groups is 2. The van der Waals surface area contributed by atoms with Gasteiger partial charge in [-0.1, -0.05) is 39.0 Å². The van der Waals surface area contributed by atoms with Gasteiger partial charge in [-0.25, -0.2) is 4.79 Å². The molecular formula is C25H32N2O5. The predicted molar refractivity (Wildman–Crippen MR) is 123 cm³/mol. The molecule has 0 radical (unpaired) electrons. The highest BCUT2D eigenvalue weighted by Gasteiger charge is 2.25. The fourth-order valence-corrected chi connectivity index (χ4v) is 3.64. The van der Waals surface area contributed by atoms with Crippen molar-refractivity contribution in [2.75, 3.05) is 26.9 Å². The third kappa shape index (κ3) is 5.15. The van der Waals surface area contributed by atoms with Crippen LogP contribution in [0, 0.1) is 5.41 Å². The van der Waals surface area contributed by atoms with Crippen LogP contribution in [0.1, 0.15) is 49.2 Å². The number of carbonyl (C=O) groups excluding carboxylic acids is 2. The van der Waals surface area contributed by atoms with E-state index in [0.717, 1.165) is 28.7 Å². The molecule has 0 bridgehead atoms. The molecule has 0 spiro atoms. The molecule has 7 heteroatoms. The lowest BCUT2D eigenvalue weighted by Gasteiger charge is -2.26. The van der Waals surface area contributed by atoms with E-state index < -0.39 is 11.5 Å². The summed E-state index contributed by atoms with van der Waals surface area (Å²) in [6.07, 6.45) is 0.361. The van der Waals surface area contributed by atoms with Crippen molar-refractivity contribution in [3.63, 3.8) is 0 Å². The van der Waals surface area contributed by atoms with E-state index >= 15 is 0 Å². The Hall–Kier alpha value is -3.22. The number of hydrogen-bond donors (Lipinski definition) is 2. The first-order valence-corrected chi connectivity index (χ1v) is 10.9. The Bertz CT molecular complexity index is 1000. The van der Waals surface area contributed by atoms with E-state index in [-0.39, 0.29) is 12.5 Å². The predicted octanol–water partition coefficient (Wildman–Crippen LogP) is 4.32. The molecule has 2 amide bonds. The molecule has 0 fully saturated rings. The molecule has 2 aromatic rings. The normalized spacial score (nSPS) is 12.7. The van der Waals surface area contributed by atoms with E-state index in [0.29, 0.717) is 36.8 Å². The summed E-state index contributed by atoms with van der Waals surface area (Å²) in [6, 6.07) is 9.87. The topological polar surface area (TPSA) is 85.9 Å². The Morgan fingerprint density at radius 1 is 1.09 bits per heavy atom. The first-order chi connectivity index (χ1) is 15.3. The van der Waals surface area contributed by atoms with Gasteiger partial charge in [0.25, 0.3) is 5.91 Å². The Kier molecular flexibility index (Phi) is 7.28. The number of rotatable bonds is 9. The molecule has 7 nitrogen and oxygen atoms in total. The largest absolute Gasteiger partial charge is 0.493 e. The number of methoxy groups -OCH3 is 1. The quantitative estimate of drug-likeness (QED) is 0.607. The van der Waals surface area contributed by atoms with Crippen LogP contribution in [0.25, 0.3) is 11.1 Å². The van der Waals surface area contributed by atoms with Crippen LogP contribution >= 0.6 is 0 Å². The van der Waals surface area contributed by atoms with Crippen LogP contribution in [0.4, 0.5) is 4.79 Å². The minimum atomic E-state index is -0.437. The van der Waals surface area contributed by atoms with Crippen LogP contribution in [0.15, 0.2) is 30.3 Å². The molecule has 1 aliphatic rings. The van der Waals surface area contributed by atoms with Crippen LogP contribution in [-0.2, 0) is 17.7 Å². The Morgan fingerprint density at radius 3 is 2.53 bits per heavy atom. The molecule has 2 N–H and O–H groups in total. The van der Waals surface area contributed by atoms with Gasteiger partial charge in [-0.05, 0) is 42.2 Å². The second-order valence-electron chi connectivity index (χ2n) is 8.60. The Balaban J connectivity index is 1.90. The van der Waals surface area contributed by atoms with Gasteiger partial charge in [0.05, 0.1) is 13.7 Å². The molecule has 3 rings (SSSR count). The van der Waals surface area contributed by atoms with Gasteiger partial charge in [0.2, 0.25) is 0 Å². The van der Waals surface area contributed by atoms with Crippen molar-refractivity contribution in [3.05, 3.63) is 47.0 Å². The van der Waals surface area contributed by atoms with Crippen molar-refractivity contribution >= 4 is 12.0 Å². The lowest BCUT2D eigenvalue weighted by atomic mass is 9.95. The zero-order chi connectivity index (χ0) is 23.3. The van der Waals surface area contributed by atoms with E-state index in [2.05, 4.69) is 17.6 Å². The highest BCUT2D eigenvalue weighted by molar-refractivity contribution is 5.99. The Morgan fingerprint density at radius 2 is 1.84 bits per heavy atom. The fourth-order valence-electron chi connectivity index (χ4n) is 3.64. The van der Waals surface area contributed by atoms with Crippen LogP contribution in [0.2, 0.25) is 0 Å². The summed E-state index contributed by atoms with van der Waals surface area (Å²) in [6.45, 7) is 9.45. The minimum Gasteiger partial charge on any atom is -0.493 e. The number of nitrogens with one attached hydrogen (secondary N) is 2. The average molecular weight is 441 g/mol. The molecule has 32 heavy (non-hydrogen) atoms. The molecule has 1 aliphatic heterocycles. The first kappa shape index (κ1) is 23.4. The molecule has 2 aromatic carbocycles. The number of hydrogen-bond acceptors (Lipinski definition) is 5. The fraction of sp³-hybridized carbons (Fsp3) is 0.440. The standard InChI is InChI=1S/C25H32N2O5/c1-6-16-8-10-19(17-9-11-20-18(12-17)13-27-23(20)28)22(21(16)30-5)31-14-25(3,4)15-32-24(29)26-7-2/h8-12H,6-7,13-15H2,1-5H3,(H,26,29)(H,27,28). The summed E-state index contributed by atoms with van der Waals surface area (Å²) in [5, 5.41) is 5.48. The molecule has 0 atom stereocenters. The third-order valence-corrected chi connectivity index (χ3v) is 5.40. The number of fused-ring (bicyclic) bond motifs is 1. The van der Waals surface area contributed by atoms with Crippen LogP contribution in [0.3, 0.4) is 0 Å². The minimum absolute atomic E-state index is 0.0456. The molecule has 0 saturated carbocycles. The zero-order valence-corrected chi connectivity index (χ0v) is 19.5. The summed E-state index contributed by atoms with van der Waals surface area (Å²) < 4.78 is 17.4. The van der Waals surface area contributed by atoms with Gasteiger partial charge in [0, 0.05) is 29.6 Å². The SMILES string of the molecule is CCNC(=O)OCC(C)(C)COc1c(-c2ccc3c(c2)CNC3=O)ccc(CC)c1OC. The molecular weight excluding hydrogens is 408 g/mol. The third-order valence-electron chi connectivity index (χ3n) is 5.40. The maximum absolute atomic E-state index is 11.9. The van der Waals surface area contributed by atoms with E-state index in [4.69, 9.17) is 14.2 Å². The van der Waals surface area contributed by atoms with Gasteiger partial charge in [0.15, 0.2) is 11.5 Å². The maximum atomic E-state index is 11.9. The number of benzene rings is 2. The number of ether oxygens (including phenoxy) is 3. The number of amides is 2. The van der Waals surface area contributed by atoms with E-state index in [1.54, 1.807) is 7.11 Å².